The molecule has 0 N–H and O–H groups in total. The minimum atomic E-state index is -0.183. The molecule has 0 aromatic carbocycles. The highest BCUT2D eigenvalue weighted by Crippen LogP contribution is 2.24. The lowest BCUT2D eigenvalue weighted by Gasteiger charge is -2.24. The standard InChI is InChI=1S/C18H26O5/c1-21-17(20)9-5-3-2-4-8-14-12-15(13-16(14)19)23-18-10-6-7-11-22-18/h2,4,12,15,18H,3,5-11,13H2,1H3/b4-2-/t15-,18-/m0/s1. The third-order valence-electron chi connectivity index (χ3n) is 4.08. The third-order valence-corrected chi connectivity index (χ3v) is 4.08. The van der Waals surface area contributed by atoms with Crippen molar-refractivity contribution in [2.45, 2.75) is 63.8 Å². The number of esters is 1. The molecule has 5 nitrogen and oxygen atoms in total. The summed E-state index contributed by atoms with van der Waals surface area (Å²) < 4.78 is 16.0. The van der Waals surface area contributed by atoms with E-state index in [9.17, 15) is 9.59 Å². The van der Waals surface area contributed by atoms with Crippen molar-refractivity contribution in [1.29, 1.82) is 0 Å². The molecule has 2 rings (SSSR count). The maximum absolute atomic E-state index is 12.0. The maximum Gasteiger partial charge on any atom is 0.305 e. The van der Waals surface area contributed by atoms with Gasteiger partial charge in [0.1, 0.15) is 0 Å². The molecule has 0 spiro atoms. The molecular weight excluding hydrogens is 296 g/mol. The Labute approximate surface area is 137 Å². The third kappa shape index (κ3) is 6.28. The Bertz CT molecular complexity index is 460. The van der Waals surface area contributed by atoms with Crippen LogP contribution in [0.2, 0.25) is 0 Å². The van der Waals surface area contributed by atoms with Crippen LogP contribution in [0.3, 0.4) is 0 Å². The van der Waals surface area contributed by atoms with Gasteiger partial charge >= 0.3 is 5.97 Å². The van der Waals surface area contributed by atoms with E-state index in [1.165, 1.54) is 7.11 Å². The number of ether oxygens (including phenoxy) is 3. The SMILES string of the molecule is COC(=O)CCC/C=C\CC1=C[C@H](O[C@H]2CCCCO2)CC1=O. The molecule has 1 aliphatic heterocycles. The molecule has 0 bridgehead atoms. The molecule has 2 atom stereocenters. The first kappa shape index (κ1) is 17.9. The molecule has 5 heteroatoms. The molecule has 1 saturated heterocycles. The van der Waals surface area contributed by atoms with E-state index < -0.39 is 0 Å². The number of carbonyl (C=O) groups excluding carboxylic acids is 2. The quantitative estimate of drug-likeness (QED) is 0.390. The van der Waals surface area contributed by atoms with Gasteiger partial charge in [0.25, 0.3) is 0 Å². The van der Waals surface area contributed by atoms with Crippen molar-refractivity contribution in [2.24, 2.45) is 0 Å². The molecule has 0 unspecified atom stereocenters. The summed E-state index contributed by atoms with van der Waals surface area (Å²) in [5.41, 5.74) is 0.815. The normalized spacial score (nSPS) is 24.9. The zero-order chi connectivity index (χ0) is 16.5. The van der Waals surface area contributed by atoms with E-state index in [1.807, 2.05) is 18.2 Å². The number of rotatable bonds is 8. The highest BCUT2D eigenvalue weighted by atomic mass is 16.7. The van der Waals surface area contributed by atoms with Gasteiger partial charge in [0.05, 0.1) is 13.2 Å². The van der Waals surface area contributed by atoms with Crippen LogP contribution in [0.4, 0.5) is 0 Å². The van der Waals surface area contributed by atoms with Gasteiger partial charge in [-0.1, -0.05) is 12.2 Å². The highest BCUT2D eigenvalue weighted by Gasteiger charge is 2.27. The van der Waals surface area contributed by atoms with Gasteiger partial charge in [0.15, 0.2) is 12.1 Å². The summed E-state index contributed by atoms with van der Waals surface area (Å²) in [6.07, 6.45) is 11.8. The molecule has 0 radical (unpaired) electrons. The van der Waals surface area contributed by atoms with Gasteiger partial charge in [-0.05, 0) is 50.2 Å². The first-order valence-electron chi connectivity index (χ1n) is 8.42. The fraction of sp³-hybridized carbons (Fsp3) is 0.667. The zero-order valence-corrected chi connectivity index (χ0v) is 13.8. The largest absolute Gasteiger partial charge is 0.469 e. The lowest BCUT2D eigenvalue weighted by Crippen LogP contribution is -2.26. The zero-order valence-electron chi connectivity index (χ0n) is 13.8. The van der Waals surface area contributed by atoms with Crippen molar-refractivity contribution in [3.8, 4) is 0 Å². The first-order chi connectivity index (χ1) is 11.2. The number of hydrogen-bond donors (Lipinski definition) is 0. The molecule has 1 fully saturated rings. The number of methoxy groups -OCH3 is 1. The minimum Gasteiger partial charge on any atom is -0.469 e. The van der Waals surface area contributed by atoms with Crippen molar-refractivity contribution < 1.29 is 23.8 Å². The monoisotopic (exact) mass is 322 g/mol. The van der Waals surface area contributed by atoms with Gasteiger partial charge in [-0.3, -0.25) is 9.59 Å². The minimum absolute atomic E-state index is 0.145. The van der Waals surface area contributed by atoms with Gasteiger partial charge in [-0.25, -0.2) is 0 Å². The summed E-state index contributed by atoms with van der Waals surface area (Å²) in [4.78, 5) is 23.0. The van der Waals surface area contributed by atoms with Gasteiger partial charge in [0, 0.05) is 19.4 Å². The van der Waals surface area contributed by atoms with Crippen molar-refractivity contribution >= 4 is 11.8 Å². The number of unbranched alkanes of at least 4 members (excludes halogenated alkanes) is 1. The Morgan fingerprint density at radius 2 is 2.26 bits per heavy atom. The summed E-state index contributed by atoms with van der Waals surface area (Å²) in [6.45, 7) is 0.746. The summed E-state index contributed by atoms with van der Waals surface area (Å²) in [5, 5.41) is 0. The molecule has 2 aliphatic rings. The van der Waals surface area contributed by atoms with Crippen LogP contribution >= 0.6 is 0 Å². The van der Waals surface area contributed by atoms with E-state index in [-0.39, 0.29) is 24.1 Å². The molecule has 0 aromatic heterocycles. The smallest absolute Gasteiger partial charge is 0.305 e. The fourth-order valence-corrected chi connectivity index (χ4v) is 2.77. The Kier molecular flexibility index (Phi) is 7.49. The van der Waals surface area contributed by atoms with Crippen LogP contribution in [-0.2, 0) is 23.8 Å². The Morgan fingerprint density at radius 1 is 1.39 bits per heavy atom. The van der Waals surface area contributed by atoms with Gasteiger partial charge < -0.3 is 14.2 Å². The lowest BCUT2D eigenvalue weighted by atomic mass is 10.1. The molecule has 0 amide bonds. The van der Waals surface area contributed by atoms with E-state index in [4.69, 9.17) is 9.47 Å². The molecule has 1 aliphatic carbocycles. The van der Waals surface area contributed by atoms with Crippen molar-refractivity contribution in [1.82, 2.24) is 0 Å². The average Bonchev–Trinajstić information content (AvgIpc) is 2.91. The van der Waals surface area contributed by atoms with E-state index in [0.717, 1.165) is 44.3 Å². The average molecular weight is 322 g/mol. The number of Topliss-reactive ketones (excluding diaryl/α,β-unsaturated/α-hetero) is 1. The van der Waals surface area contributed by atoms with Crippen LogP contribution in [0.25, 0.3) is 0 Å². The molecule has 0 saturated carbocycles. The van der Waals surface area contributed by atoms with E-state index in [0.29, 0.717) is 19.3 Å². The van der Waals surface area contributed by atoms with Crippen molar-refractivity contribution in [3.63, 3.8) is 0 Å². The van der Waals surface area contributed by atoms with Crippen molar-refractivity contribution in [2.75, 3.05) is 13.7 Å². The van der Waals surface area contributed by atoms with E-state index in [1.54, 1.807) is 0 Å². The van der Waals surface area contributed by atoms with E-state index in [2.05, 4.69) is 4.74 Å². The highest BCUT2D eigenvalue weighted by molar-refractivity contribution is 5.98. The Balaban J connectivity index is 1.68. The number of allylic oxidation sites excluding steroid dienone is 3. The van der Waals surface area contributed by atoms with Crippen LogP contribution in [0.15, 0.2) is 23.8 Å². The molecule has 1 heterocycles. The van der Waals surface area contributed by atoms with Crippen LogP contribution in [0.5, 0.6) is 0 Å². The second-order valence-corrected chi connectivity index (χ2v) is 5.93. The fourth-order valence-electron chi connectivity index (χ4n) is 2.77. The number of hydrogen-bond acceptors (Lipinski definition) is 5. The summed E-state index contributed by atoms with van der Waals surface area (Å²) in [5.74, 6) is -0.0259. The maximum atomic E-state index is 12.0. The lowest BCUT2D eigenvalue weighted by molar-refractivity contribution is -0.178. The number of carbonyl (C=O) groups is 2. The van der Waals surface area contributed by atoms with Crippen LogP contribution in [0.1, 0.15) is 51.4 Å². The predicted molar refractivity (Wildman–Crippen MR) is 85.8 cm³/mol. The van der Waals surface area contributed by atoms with Crippen molar-refractivity contribution in [3.05, 3.63) is 23.8 Å². The van der Waals surface area contributed by atoms with E-state index >= 15 is 0 Å². The second-order valence-electron chi connectivity index (χ2n) is 5.93. The van der Waals surface area contributed by atoms with Crippen LogP contribution in [-0.4, -0.2) is 37.9 Å². The molecular formula is C18H26O5. The second kappa shape index (κ2) is 9.63. The molecule has 0 aromatic rings. The topological polar surface area (TPSA) is 61.8 Å². The van der Waals surface area contributed by atoms with Crippen LogP contribution < -0.4 is 0 Å². The Hall–Kier alpha value is -1.46. The van der Waals surface area contributed by atoms with Gasteiger partial charge in [-0.2, -0.15) is 0 Å². The molecule has 23 heavy (non-hydrogen) atoms. The summed E-state index contributed by atoms with van der Waals surface area (Å²) >= 11 is 0. The Morgan fingerprint density at radius 3 is 3.00 bits per heavy atom. The summed E-state index contributed by atoms with van der Waals surface area (Å²) in [7, 11) is 1.40. The van der Waals surface area contributed by atoms with Gasteiger partial charge in [-0.15, -0.1) is 0 Å². The van der Waals surface area contributed by atoms with Crippen LogP contribution in [0, 0.1) is 0 Å². The van der Waals surface area contributed by atoms with Gasteiger partial charge in [0.2, 0.25) is 0 Å². The molecule has 128 valence electrons. The summed E-state index contributed by atoms with van der Waals surface area (Å²) in [6, 6.07) is 0. The predicted octanol–water partition coefficient (Wildman–Crippen LogP) is 3.09. The number of ketones is 1. The first-order valence-corrected chi connectivity index (χ1v) is 8.42.